The van der Waals surface area contributed by atoms with Gasteiger partial charge in [0.25, 0.3) is 5.91 Å². The summed E-state index contributed by atoms with van der Waals surface area (Å²) in [5.74, 6) is 0.284. The van der Waals surface area contributed by atoms with E-state index >= 15 is 0 Å². The van der Waals surface area contributed by atoms with E-state index in [9.17, 15) is 9.59 Å². The number of ether oxygens (including phenoxy) is 1. The molecule has 0 fully saturated rings. The predicted octanol–water partition coefficient (Wildman–Crippen LogP) is 6.00. The molecule has 0 aliphatic rings. The summed E-state index contributed by atoms with van der Waals surface area (Å²) in [6.07, 6.45) is 2.29. The summed E-state index contributed by atoms with van der Waals surface area (Å²) in [5, 5.41) is 3.04. The van der Waals surface area contributed by atoms with Gasteiger partial charge in [-0.3, -0.25) is 9.59 Å². The average molecular weight is 552 g/mol. The molecule has 5 nitrogen and oxygen atoms in total. The summed E-state index contributed by atoms with van der Waals surface area (Å²) < 4.78 is 6.86. The quantitative estimate of drug-likeness (QED) is 0.281. The molecule has 0 heterocycles. The van der Waals surface area contributed by atoms with Crippen molar-refractivity contribution in [2.45, 2.75) is 52.6 Å². The van der Waals surface area contributed by atoms with Crippen LogP contribution >= 0.6 is 15.9 Å². The second kappa shape index (κ2) is 13.8. The lowest BCUT2D eigenvalue weighted by Crippen LogP contribution is -2.51. The van der Waals surface area contributed by atoms with Gasteiger partial charge in [-0.25, -0.2) is 0 Å². The number of halogens is 1. The Balaban J connectivity index is 1.89. The van der Waals surface area contributed by atoms with Gasteiger partial charge in [-0.05, 0) is 55.2 Å². The Morgan fingerprint density at radius 2 is 1.72 bits per heavy atom. The molecule has 1 atom stereocenters. The van der Waals surface area contributed by atoms with Crippen molar-refractivity contribution in [3.63, 3.8) is 0 Å². The van der Waals surface area contributed by atoms with Crippen LogP contribution in [-0.2, 0) is 22.6 Å². The summed E-state index contributed by atoms with van der Waals surface area (Å²) in [5.41, 5.74) is 4.03. The van der Waals surface area contributed by atoms with Gasteiger partial charge in [0.1, 0.15) is 11.8 Å². The fraction of sp³-hybridized carbons (Fsp3) is 0.333. The largest absolute Gasteiger partial charge is 0.483 e. The molecule has 6 heteroatoms. The maximum Gasteiger partial charge on any atom is 0.261 e. The number of amides is 2. The minimum Gasteiger partial charge on any atom is -0.483 e. The lowest BCUT2D eigenvalue weighted by molar-refractivity contribution is -0.142. The van der Waals surface area contributed by atoms with Crippen LogP contribution in [0.3, 0.4) is 0 Å². The summed E-state index contributed by atoms with van der Waals surface area (Å²) in [6.45, 7) is 6.80. The first-order valence-corrected chi connectivity index (χ1v) is 13.2. The SMILES string of the molecule is CCCCNC(=O)[C@H](Cc1ccccc1)N(Cc1cccc(Br)c1)C(=O)COc1ccc(C)cc1C. The van der Waals surface area contributed by atoms with E-state index < -0.39 is 6.04 Å². The Hall–Kier alpha value is -3.12. The van der Waals surface area contributed by atoms with Crippen LogP contribution in [0.1, 0.15) is 42.0 Å². The second-order valence-electron chi connectivity index (χ2n) is 9.06. The van der Waals surface area contributed by atoms with Gasteiger partial charge in [0.2, 0.25) is 5.91 Å². The van der Waals surface area contributed by atoms with E-state index in [0.717, 1.165) is 39.6 Å². The smallest absolute Gasteiger partial charge is 0.261 e. The van der Waals surface area contributed by atoms with E-state index in [1.807, 2.05) is 86.6 Å². The summed E-state index contributed by atoms with van der Waals surface area (Å²) >= 11 is 3.52. The first-order chi connectivity index (χ1) is 17.4. The molecule has 0 aliphatic carbocycles. The van der Waals surface area contributed by atoms with Crippen molar-refractivity contribution >= 4 is 27.7 Å². The maximum absolute atomic E-state index is 13.7. The Morgan fingerprint density at radius 1 is 0.972 bits per heavy atom. The molecule has 3 aromatic carbocycles. The average Bonchev–Trinajstić information content (AvgIpc) is 2.86. The number of nitrogens with zero attached hydrogens (tertiary/aromatic N) is 1. The highest BCUT2D eigenvalue weighted by atomic mass is 79.9. The molecule has 0 aromatic heterocycles. The molecule has 0 spiro atoms. The Morgan fingerprint density at radius 3 is 2.42 bits per heavy atom. The Bertz CT molecular complexity index is 1150. The molecule has 2 amide bonds. The third kappa shape index (κ3) is 8.23. The van der Waals surface area contributed by atoms with Crippen LogP contribution in [0.2, 0.25) is 0 Å². The van der Waals surface area contributed by atoms with Gasteiger partial charge in [0.05, 0.1) is 0 Å². The van der Waals surface area contributed by atoms with Gasteiger partial charge in [-0.1, -0.05) is 89.4 Å². The van der Waals surface area contributed by atoms with Crippen molar-refractivity contribution in [3.8, 4) is 5.75 Å². The van der Waals surface area contributed by atoms with Crippen molar-refractivity contribution in [1.29, 1.82) is 0 Å². The third-order valence-electron chi connectivity index (χ3n) is 6.02. The number of carbonyl (C=O) groups is 2. The number of benzene rings is 3. The van der Waals surface area contributed by atoms with E-state index in [1.165, 1.54) is 0 Å². The van der Waals surface area contributed by atoms with Crippen molar-refractivity contribution in [3.05, 3.63) is 99.5 Å². The van der Waals surface area contributed by atoms with Gasteiger partial charge in [-0.2, -0.15) is 0 Å². The van der Waals surface area contributed by atoms with Crippen LogP contribution in [0.5, 0.6) is 5.75 Å². The van der Waals surface area contributed by atoms with Crippen molar-refractivity contribution in [2.24, 2.45) is 0 Å². The van der Waals surface area contributed by atoms with E-state index in [0.29, 0.717) is 25.3 Å². The zero-order chi connectivity index (χ0) is 25.9. The highest BCUT2D eigenvalue weighted by Gasteiger charge is 2.30. The van der Waals surface area contributed by atoms with Crippen LogP contribution in [0.25, 0.3) is 0 Å². The van der Waals surface area contributed by atoms with Crippen molar-refractivity contribution in [2.75, 3.05) is 13.2 Å². The highest BCUT2D eigenvalue weighted by Crippen LogP contribution is 2.21. The molecular formula is C30H35BrN2O3. The topological polar surface area (TPSA) is 58.6 Å². The van der Waals surface area contributed by atoms with E-state index in [1.54, 1.807) is 4.90 Å². The van der Waals surface area contributed by atoms with Crippen LogP contribution in [0.4, 0.5) is 0 Å². The number of carbonyl (C=O) groups excluding carboxylic acids is 2. The summed E-state index contributed by atoms with van der Waals surface area (Å²) in [7, 11) is 0. The van der Waals surface area contributed by atoms with Crippen LogP contribution in [0, 0.1) is 13.8 Å². The molecule has 0 saturated heterocycles. The van der Waals surface area contributed by atoms with Crippen molar-refractivity contribution < 1.29 is 14.3 Å². The molecule has 0 radical (unpaired) electrons. The van der Waals surface area contributed by atoms with Crippen molar-refractivity contribution in [1.82, 2.24) is 10.2 Å². The number of nitrogens with one attached hydrogen (secondary N) is 1. The van der Waals surface area contributed by atoms with Gasteiger partial charge >= 0.3 is 0 Å². The van der Waals surface area contributed by atoms with Crippen LogP contribution in [-0.4, -0.2) is 35.9 Å². The monoisotopic (exact) mass is 550 g/mol. The molecule has 0 aliphatic heterocycles. The molecule has 190 valence electrons. The van der Waals surface area contributed by atoms with Gasteiger partial charge in [-0.15, -0.1) is 0 Å². The normalized spacial score (nSPS) is 11.6. The first kappa shape index (κ1) is 27.5. The number of rotatable bonds is 12. The molecule has 3 rings (SSSR count). The van der Waals surface area contributed by atoms with E-state index in [4.69, 9.17) is 4.74 Å². The Kier molecular flexibility index (Phi) is 10.6. The summed E-state index contributed by atoms with van der Waals surface area (Å²) in [6, 6.07) is 22.8. The molecule has 0 bridgehead atoms. The number of unbranched alkanes of at least 4 members (excludes halogenated alkanes) is 1. The minimum atomic E-state index is -0.668. The second-order valence-corrected chi connectivity index (χ2v) is 9.97. The van der Waals surface area contributed by atoms with Gasteiger partial charge in [0, 0.05) is 24.0 Å². The predicted molar refractivity (Wildman–Crippen MR) is 148 cm³/mol. The fourth-order valence-corrected chi connectivity index (χ4v) is 4.52. The van der Waals surface area contributed by atoms with Gasteiger partial charge in [0.15, 0.2) is 6.61 Å². The fourth-order valence-electron chi connectivity index (χ4n) is 4.08. The van der Waals surface area contributed by atoms with Crippen LogP contribution in [0.15, 0.2) is 77.3 Å². The van der Waals surface area contributed by atoms with Gasteiger partial charge < -0.3 is 15.0 Å². The molecule has 36 heavy (non-hydrogen) atoms. The highest BCUT2D eigenvalue weighted by molar-refractivity contribution is 9.10. The molecule has 0 saturated carbocycles. The zero-order valence-corrected chi connectivity index (χ0v) is 22.9. The minimum absolute atomic E-state index is 0.147. The standard InChI is InChI=1S/C30H35BrN2O3/c1-4-5-16-32-30(35)27(19-24-10-7-6-8-11-24)33(20-25-12-9-13-26(31)18-25)29(34)21-36-28-15-14-22(2)17-23(28)3/h6-15,17-18,27H,4-5,16,19-21H2,1-3H3,(H,32,35)/t27-/m0/s1. The van der Waals surface area contributed by atoms with E-state index in [-0.39, 0.29) is 18.4 Å². The summed E-state index contributed by atoms with van der Waals surface area (Å²) in [4.78, 5) is 28.7. The molecule has 0 unspecified atom stereocenters. The number of hydrogen-bond donors (Lipinski definition) is 1. The first-order valence-electron chi connectivity index (χ1n) is 12.4. The zero-order valence-electron chi connectivity index (χ0n) is 21.3. The molecule has 3 aromatic rings. The number of aryl methyl sites for hydroxylation is 2. The lowest BCUT2D eigenvalue weighted by Gasteiger charge is -2.31. The maximum atomic E-state index is 13.7. The molecule has 1 N–H and O–H groups in total. The van der Waals surface area contributed by atoms with Crippen LogP contribution < -0.4 is 10.1 Å². The van der Waals surface area contributed by atoms with E-state index in [2.05, 4.69) is 28.2 Å². The lowest BCUT2D eigenvalue weighted by atomic mass is 10.0. The molecular weight excluding hydrogens is 516 g/mol. The third-order valence-corrected chi connectivity index (χ3v) is 6.52. The number of hydrogen-bond acceptors (Lipinski definition) is 3. The Labute approximate surface area is 223 Å².